The molecule has 1 aliphatic rings. The van der Waals surface area contributed by atoms with Gasteiger partial charge >= 0.3 is 21.1 Å². The van der Waals surface area contributed by atoms with Crippen LogP contribution in [0, 0.1) is 12.1 Å². The maximum atomic E-state index is 5.09. The van der Waals surface area contributed by atoms with Crippen LogP contribution in [0.5, 0.6) is 0 Å². The number of benzene rings is 8. The monoisotopic (exact) mass is 1040 g/mol. The SMILES string of the molecule is CC1(C)c2ccc([Si](c3[c-]c4c(cc3)c3ccccc3n3ccnc43)(c3ccccc3)c3ccccc3)[c-]c2N(c2ccccn2)c2ccc3c(c21)c1ccccc1n3-c1ccccc1.[Pt+2]. The van der Waals surface area contributed by atoms with E-state index in [9.17, 15) is 0 Å². The molecule has 0 unspecified atom stereocenters. The van der Waals surface area contributed by atoms with Crippen molar-refractivity contribution in [3.8, 4) is 5.69 Å². The molecule has 0 saturated heterocycles. The van der Waals surface area contributed by atoms with E-state index < -0.39 is 13.5 Å². The summed E-state index contributed by atoms with van der Waals surface area (Å²) in [6, 6.07) is 79.0. The van der Waals surface area contributed by atoms with Gasteiger partial charge in [0.15, 0.2) is 0 Å². The first-order chi connectivity index (χ1) is 32.0. The normalized spacial score (nSPS) is 13.3. The van der Waals surface area contributed by atoms with Gasteiger partial charge in [-0.25, -0.2) is 4.98 Å². The molecule has 0 radical (unpaired) electrons. The maximum Gasteiger partial charge on any atom is 2.00 e. The largest absolute Gasteiger partial charge is 2.00 e. The molecule has 316 valence electrons. The Balaban J connectivity index is 0.00000456. The first-order valence-corrected chi connectivity index (χ1v) is 24.3. The van der Waals surface area contributed by atoms with Crippen molar-refractivity contribution in [2.75, 3.05) is 4.90 Å². The summed E-state index contributed by atoms with van der Waals surface area (Å²) in [6.07, 6.45) is 5.86. The Labute approximate surface area is 398 Å². The van der Waals surface area contributed by atoms with Crippen molar-refractivity contribution in [1.29, 1.82) is 0 Å². The molecule has 5 heterocycles. The average Bonchev–Trinajstić information content (AvgIpc) is 4.00. The summed E-state index contributed by atoms with van der Waals surface area (Å²) >= 11 is 0. The summed E-state index contributed by atoms with van der Waals surface area (Å²) < 4.78 is 4.62. The van der Waals surface area contributed by atoms with Gasteiger partial charge in [-0.2, -0.15) is 23.4 Å². The smallest absolute Gasteiger partial charge is 0.340 e. The second-order valence-electron chi connectivity index (χ2n) is 17.6. The average molecular weight is 1040 g/mol. The molecule has 0 bridgehead atoms. The fourth-order valence-corrected chi connectivity index (χ4v) is 15.6. The molecule has 12 aromatic rings. The molecule has 0 N–H and O–H groups in total. The molecule has 1 aliphatic heterocycles. The zero-order valence-electron chi connectivity index (χ0n) is 36.3. The molecule has 66 heavy (non-hydrogen) atoms. The molecule has 0 atom stereocenters. The second-order valence-corrected chi connectivity index (χ2v) is 21.3. The van der Waals surface area contributed by atoms with Crippen LogP contribution < -0.4 is 25.6 Å². The number of hydrogen-bond acceptors (Lipinski definition) is 3. The number of hydrogen-bond donors (Lipinski definition) is 0. The molecule has 0 amide bonds. The van der Waals surface area contributed by atoms with Crippen molar-refractivity contribution >= 4 is 95.1 Å². The molecule has 7 heteroatoms. The predicted octanol–water partition coefficient (Wildman–Crippen LogP) is 11.2. The third-order valence-electron chi connectivity index (χ3n) is 13.9. The van der Waals surface area contributed by atoms with Gasteiger partial charge < -0.3 is 13.9 Å². The summed E-state index contributed by atoms with van der Waals surface area (Å²) in [5, 5.41) is 10.6. The Morgan fingerprint density at radius 3 is 1.88 bits per heavy atom. The van der Waals surface area contributed by atoms with Crippen LogP contribution in [-0.2, 0) is 26.5 Å². The first kappa shape index (κ1) is 40.2. The first-order valence-electron chi connectivity index (χ1n) is 22.3. The molecule has 8 aromatic carbocycles. The van der Waals surface area contributed by atoms with E-state index in [1.54, 1.807) is 0 Å². The maximum absolute atomic E-state index is 5.09. The van der Waals surface area contributed by atoms with Crippen LogP contribution in [0.2, 0.25) is 0 Å². The zero-order chi connectivity index (χ0) is 43.3. The van der Waals surface area contributed by atoms with Crippen molar-refractivity contribution in [1.82, 2.24) is 18.9 Å². The van der Waals surface area contributed by atoms with Gasteiger partial charge in [0.2, 0.25) is 0 Å². The Morgan fingerprint density at radius 1 is 0.515 bits per heavy atom. The number of anilines is 3. The van der Waals surface area contributed by atoms with Crippen LogP contribution in [0.4, 0.5) is 17.2 Å². The van der Waals surface area contributed by atoms with Crippen LogP contribution in [0.3, 0.4) is 0 Å². The topological polar surface area (TPSA) is 38.4 Å². The van der Waals surface area contributed by atoms with E-state index in [4.69, 9.17) is 9.97 Å². The molecule has 5 nitrogen and oxygen atoms in total. The second kappa shape index (κ2) is 15.4. The van der Waals surface area contributed by atoms with E-state index in [1.165, 1.54) is 48.7 Å². The summed E-state index contributed by atoms with van der Waals surface area (Å²) in [4.78, 5) is 12.4. The number of aromatic nitrogens is 4. The zero-order valence-corrected chi connectivity index (χ0v) is 39.5. The van der Waals surface area contributed by atoms with Gasteiger partial charge in [0, 0.05) is 46.3 Å². The van der Waals surface area contributed by atoms with Crippen LogP contribution in [0.15, 0.2) is 213 Å². The Bertz CT molecular complexity index is 3770. The van der Waals surface area contributed by atoms with Gasteiger partial charge in [-0.05, 0) is 75.3 Å². The van der Waals surface area contributed by atoms with E-state index in [0.29, 0.717) is 0 Å². The van der Waals surface area contributed by atoms with Gasteiger partial charge in [-0.1, -0.05) is 146 Å². The fraction of sp³-hybridized carbons (Fsp3) is 0.0508. The van der Waals surface area contributed by atoms with E-state index in [2.05, 4.69) is 234 Å². The van der Waals surface area contributed by atoms with E-state index in [-0.39, 0.29) is 21.1 Å². The van der Waals surface area contributed by atoms with E-state index in [1.807, 2.05) is 18.5 Å². The molecule has 13 rings (SSSR count). The number of para-hydroxylation sites is 3. The minimum atomic E-state index is -3.19. The van der Waals surface area contributed by atoms with Gasteiger partial charge in [-0.15, -0.1) is 34.3 Å². The quantitative estimate of drug-likeness (QED) is 0.0721. The van der Waals surface area contributed by atoms with E-state index in [0.717, 1.165) is 55.2 Å². The molecular formula is C59H41N5PtSi. The van der Waals surface area contributed by atoms with Crippen LogP contribution in [0.1, 0.15) is 25.0 Å². The van der Waals surface area contributed by atoms with Gasteiger partial charge in [0.05, 0.1) is 16.7 Å². The molecule has 0 spiro atoms. The Morgan fingerprint density at radius 2 is 1.15 bits per heavy atom. The summed E-state index contributed by atoms with van der Waals surface area (Å²) in [6.45, 7) is 4.77. The van der Waals surface area contributed by atoms with Crippen molar-refractivity contribution < 1.29 is 21.1 Å². The van der Waals surface area contributed by atoms with Crippen molar-refractivity contribution in [2.45, 2.75) is 19.3 Å². The fourth-order valence-electron chi connectivity index (χ4n) is 11.1. The number of pyridine rings is 2. The van der Waals surface area contributed by atoms with Crippen LogP contribution in [-0.4, -0.2) is 27.0 Å². The molecule has 0 fully saturated rings. The minimum absolute atomic E-state index is 0. The summed E-state index contributed by atoms with van der Waals surface area (Å²) in [5.74, 6) is 0.850. The van der Waals surface area contributed by atoms with Gasteiger partial charge in [0.1, 0.15) is 13.9 Å². The van der Waals surface area contributed by atoms with Crippen molar-refractivity contribution in [2.24, 2.45) is 0 Å². The Hall–Kier alpha value is -7.37. The van der Waals surface area contributed by atoms with Crippen molar-refractivity contribution in [3.63, 3.8) is 0 Å². The summed E-state index contributed by atoms with van der Waals surface area (Å²) in [7, 11) is -3.19. The number of rotatable bonds is 6. The minimum Gasteiger partial charge on any atom is -0.340 e. The molecule has 0 saturated carbocycles. The number of imidazole rings is 1. The summed E-state index contributed by atoms with van der Waals surface area (Å²) in [5.41, 5.74) is 9.69. The van der Waals surface area contributed by atoms with Gasteiger partial charge in [0.25, 0.3) is 0 Å². The van der Waals surface area contributed by atoms with Gasteiger partial charge in [-0.3, -0.25) is 4.98 Å². The Kier molecular flexibility index (Phi) is 9.35. The standard InChI is InChI=1S/C59H41N5Si.Pt/c1-59(2)49-32-30-44(39-54(49)64(55-28-16-17-35-60-55)53-34-33-52-56(57(53)59)47-25-13-15-27-51(47)63(52)40-18-6-3-7-19-40)65(41-20-8-4-9-21-41,42-22-10-5-11-23-42)43-29-31-45-46-24-12-14-26-50(46)62-37-36-61-58(62)48(45)38-43;/h3-37H,1-2H3;/q-2;+2. The van der Waals surface area contributed by atoms with E-state index >= 15 is 0 Å². The molecule has 4 aromatic heterocycles. The predicted molar refractivity (Wildman–Crippen MR) is 270 cm³/mol. The third-order valence-corrected chi connectivity index (χ3v) is 18.5. The number of nitrogens with zero attached hydrogens (tertiary/aromatic N) is 5. The van der Waals surface area contributed by atoms with Crippen molar-refractivity contribution in [3.05, 3.63) is 236 Å². The van der Waals surface area contributed by atoms with Crippen LogP contribution in [0.25, 0.3) is 54.8 Å². The van der Waals surface area contributed by atoms with Crippen LogP contribution >= 0.6 is 0 Å². The number of fused-ring (bicyclic) bond motifs is 12. The molecule has 0 aliphatic carbocycles. The third kappa shape index (κ3) is 5.68. The molecular weight excluding hydrogens is 1000 g/mol.